The van der Waals surface area contributed by atoms with E-state index in [1.165, 1.54) is 24.5 Å². The minimum absolute atomic E-state index is 0.306. The van der Waals surface area contributed by atoms with Gasteiger partial charge < -0.3 is 14.6 Å². The van der Waals surface area contributed by atoms with Gasteiger partial charge in [0.15, 0.2) is 5.79 Å². The van der Waals surface area contributed by atoms with Gasteiger partial charge in [0.05, 0.1) is 6.61 Å². The third-order valence-corrected chi connectivity index (χ3v) is 3.88. The monoisotopic (exact) mass is 284 g/mol. The molecule has 1 atom stereocenters. The molecule has 0 spiro atoms. The van der Waals surface area contributed by atoms with Gasteiger partial charge in [-0.1, -0.05) is 0 Å². The number of methoxy groups -OCH3 is 1. The Hall–Kier alpha value is -1.01. The van der Waals surface area contributed by atoms with Crippen LogP contribution in [0.2, 0.25) is 0 Å². The predicted octanol–water partition coefficient (Wildman–Crippen LogP) is 3.47. The summed E-state index contributed by atoms with van der Waals surface area (Å²) in [4.78, 5) is 0. The molecule has 0 unspecified atom stereocenters. The Morgan fingerprint density at radius 1 is 1.42 bits per heavy atom. The fourth-order valence-electron chi connectivity index (χ4n) is 1.84. The van der Waals surface area contributed by atoms with Gasteiger partial charge in [-0.2, -0.15) is 0 Å². The fraction of sp³-hybridized carbons (Fsp3) is 0.429. The SMILES string of the molecule is COC(C)(C)O[C@H](CO)c1cc2ccsc2cc1F. The van der Waals surface area contributed by atoms with Crippen molar-refractivity contribution in [2.75, 3.05) is 13.7 Å². The predicted molar refractivity (Wildman–Crippen MR) is 73.8 cm³/mol. The number of aliphatic hydroxyl groups is 1. The number of hydrogen-bond donors (Lipinski definition) is 1. The van der Waals surface area contributed by atoms with Crippen molar-refractivity contribution in [3.05, 3.63) is 35.0 Å². The molecule has 19 heavy (non-hydrogen) atoms. The Bertz CT molecular complexity index is 565. The first kappa shape index (κ1) is 14.4. The highest BCUT2D eigenvalue weighted by atomic mass is 32.1. The lowest BCUT2D eigenvalue weighted by Gasteiger charge is -2.29. The minimum atomic E-state index is -0.885. The summed E-state index contributed by atoms with van der Waals surface area (Å²) in [6.07, 6.45) is -0.751. The summed E-state index contributed by atoms with van der Waals surface area (Å²) < 4.78 is 25.7. The van der Waals surface area contributed by atoms with Crippen LogP contribution in [0, 0.1) is 5.82 Å². The quantitative estimate of drug-likeness (QED) is 0.854. The first-order valence-electron chi connectivity index (χ1n) is 5.97. The molecule has 0 amide bonds. The van der Waals surface area contributed by atoms with Crippen LogP contribution < -0.4 is 0 Å². The molecule has 2 aromatic rings. The lowest BCUT2D eigenvalue weighted by molar-refractivity contribution is -0.232. The van der Waals surface area contributed by atoms with E-state index in [0.29, 0.717) is 5.56 Å². The summed E-state index contributed by atoms with van der Waals surface area (Å²) >= 11 is 1.48. The highest BCUT2D eigenvalue weighted by Crippen LogP contribution is 2.31. The summed E-state index contributed by atoms with van der Waals surface area (Å²) in [7, 11) is 1.51. The minimum Gasteiger partial charge on any atom is -0.393 e. The first-order chi connectivity index (χ1) is 8.96. The summed E-state index contributed by atoms with van der Waals surface area (Å²) in [5.41, 5.74) is 0.346. The zero-order valence-corrected chi connectivity index (χ0v) is 12.0. The standard InChI is InChI=1S/C14H17FO3S/c1-14(2,17-3)18-12(8-16)10-6-9-4-5-19-13(9)7-11(10)15/h4-7,12,16H,8H2,1-3H3/t12-/m1/s1. The molecule has 1 heterocycles. The second kappa shape index (κ2) is 5.54. The number of hydrogen-bond acceptors (Lipinski definition) is 4. The number of fused-ring (bicyclic) bond motifs is 1. The Morgan fingerprint density at radius 3 is 2.79 bits per heavy atom. The van der Waals surface area contributed by atoms with Gasteiger partial charge in [0.25, 0.3) is 0 Å². The molecular formula is C14H17FO3S. The average molecular weight is 284 g/mol. The molecule has 2 rings (SSSR count). The largest absolute Gasteiger partial charge is 0.393 e. The molecule has 104 valence electrons. The number of rotatable bonds is 5. The van der Waals surface area contributed by atoms with Crippen molar-refractivity contribution in [2.45, 2.75) is 25.7 Å². The number of ether oxygens (including phenoxy) is 2. The molecule has 0 saturated carbocycles. The van der Waals surface area contributed by atoms with E-state index in [1.807, 2.05) is 11.4 Å². The third-order valence-electron chi connectivity index (χ3n) is 3.00. The Kier molecular flexibility index (Phi) is 4.20. The van der Waals surface area contributed by atoms with Crippen LogP contribution in [-0.4, -0.2) is 24.6 Å². The molecule has 5 heteroatoms. The second-order valence-corrected chi connectivity index (χ2v) is 5.67. The summed E-state index contributed by atoms with van der Waals surface area (Å²) in [6, 6.07) is 5.10. The van der Waals surface area contributed by atoms with Crippen molar-refractivity contribution in [3.8, 4) is 0 Å². The van der Waals surface area contributed by atoms with Crippen molar-refractivity contribution >= 4 is 21.4 Å². The molecule has 1 N–H and O–H groups in total. The van der Waals surface area contributed by atoms with Crippen LogP contribution in [0.3, 0.4) is 0 Å². The van der Waals surface area contributed by atoms with Gasteiger partial charge in [0.2, 0.25) is 0 Å². The molecule has 0 aliphatic rings. The molecule has 0 fully saturated rings. The first-order valence-corrected chi connectivity index (χ1v) is 6.85. The maximum absolute atomic E-state index is 14.1. The van der Waals surface area contributed by atoms with Gasteiger partial charge in [-0.05, 0) is 42.8 Å². The summed E-state index contributed by atoms with van der Waals surface area (Å²) in [6.45, 7) is 3.13. The van der Waals surface area contributed by atoms with E-state index in [1.54, 1.807) is 19.9 Å². The molecule has 1 aromatic heterocycles. The Morgan fingerprint density at radius 2 is 2.16 bits per heavy atom. The number of benzene rings is 1. The Balaban J connectivity index is 2.36. The normalized spacial score (nSPS) is 13.9. The average Bonchev–Trinajstić information content (AvgIpc) is 2.82. The van der Waals surface area contributed by atoms with E-state index in [-0.39, 0.29) is 12.4 Å². The molecule has 0 bridgehead atoms. The van der Waals surface area contributed by atoms with E-state index in [9.17, 15) is 9.50 Å². The molecule has 0 radical (unpaired) electrons. The highest BCUT2D eigenvalue weighted by molar-refractivity contribution is 7.17. The molecule has 3 nitrogen and oxygen atoms in total. The van der Waals surface area contributed by atoms with Crippen molar-refractivity contribution in [3.63, 3.8) is 0 Å². The maximum atomic E-state index is 14.1. The van der Waals surface area contributed by atoms with Crippen LogP contribution in [0.5, 0.6) is 0 Å². The van der Waals surface area contributed by atoms with Crippen LogP contribution in [-0.2, 0) is 9.47 Å². The van der Waals surface area contributed by atoms with E-state index in [2.05, 4.69) is 0 Å². The van der Waals surface area contributed by atoms with Crippen molar-refractivity contribution in [2.24, 2.45) is 0 Å². The van der Waals surface area contributed by atoms with Gasteiger partial charge in [-0.3, -0.25) is 0 Å². The number of aliphatic hydroxyl groups excluding tert-OH is 1. The van der Waals surface area contributed by atoms with Crippen LogP contribution >= 0.6 is 11.3 Å². The zero-order chi connectivity index (χ0) is 14.0. The molecular weight excluding hydrogens is 267 g/mol. The summed E-state index contributed by atoms with van der Waals surface area (Å²) in [5, 5.41) is 12.3. The van der Waals surface area contributed by atoms with Gasteiger partial charge in [-0.25, -0.2) is 4.39 Å². The molecule has 1 aromatic carbocycles. The maximum Gasteiger partial charge on any atom is 0.163 e. The van der Waals surface area contributed by atoms with E-state index in [4.69, 9.17) is 9.47 Å². The van der Waals surface area contributed by atoms with Crippen molar-refractivity contribution in [1.82, 2.24) is 0 Å². The highest BCUT2D eigenvalue weighted by Gasteiger charge is 2.26. The summed E-state index contributed by atoms with van der Waals surface area (Å²) in [5.74, 6) is -1.26. The smallest absolute Gasteiger partial charge is 0.163 e. The topological polar surface area (TPSA) is 38.7 Å². The third kappa shape index (κ3) is 3.12. The number of halogens is 1. The van der Waals surface area contributed by atoms with Gasteiger partial charge in [-0.15, -0.1) is 11.3 Å². The van der Waals surface area contributed by atoms with Crippen molar-refractivity contribution in [1.29, 1.82) is 0 Å². The molecule has 0 saturated heterocycles. The van der Waals surface area contributed by atoms with Crippen LogP contribution in [0.1, 0.15) is 25.5 Å². The van der Waals surface area contributed by atoms with Crippen LogP contribution in [0.25, 0.3) is 10.1 Å². The van der Waals surface area contributed by atoms with E-state index in [0.717, 1.165) is 10.1 Å². The van der Waals surface area contributed by atoms with Gasteiger partial charge >= 0.3 is 0 Å². The molecule has 0 aliphatic carbocycles. The number of thiophene rings is 1. The van der Waals surface area contributed by atoms with Crippen LogP contribution in [0.4, 0.5) is 4.39 Å². The van der Waals surface area contributed by atoms with E-state index >= 15 is 0 Å². The fourth-order valence-corrected chi connectivity index (χ4v) is 2.63. The Labute approximate surface area is 115 Å². The lowest BCUT2D eigenvalue weighted by Crippen LogP contribution is -2.30. The second-order valence-electron chi connectivity index (χ2n) is 4.73. The van der Waals surface area contributed by atoms with Gasteiger partial charge in [0, 0.05) is 17.4 Å². The van der Waals surface area contributed by atoms with E-state index < -0.39 is 11.9 Å². The zero-order valence-electron chi connectivity index (χ0n) is 11.1. The van der Waals surface area contributed by atoms with Crippen LogP contribution in [0.15, 0.2) is 23.6 Å². The molecule has 0 aliphatic heterocycles. The van der Waals surface area contributed by atoms with Crippen molar-refractivity contribution < 1.29 is 19.0 Å². The van der Waals surface area contributed by atoms with Gasteiger partial charge in [0.1, 0.15) is 11.9 Å². The lowest BCUT2D eigenvalue weighted by atomic mass is 10.1.